The van der Waals surface area contributed by atoms with Gasteiger partial charge in [0.25, 0.3) is 5.91 Å². The number of carbonyl (C=O) groups is 1. The van der Waals surface area contributed by atoms with E-state index in [1.54, 1.807) is 29.4 Å². The van der Waals surface area contributed by atoms with E-state index in [1.807, 2.05) is 12.1 Å². The minimum absolute atomic E-state index is 0.0122. The Morgan fingerprint density at radius 1 is 1.07 bits per heavy atom. The van der Waals surface area contributed by atoms with Crippen molar-refractivity contribution in [2.24, 2.45) is 0 Å². The first-order valence-corrected chi connectivity index (χ1v) is 8.91. The molecule has 0 unspecified atom stereocenters. The minimum Gasteiger partial charge on any atom is -0.396 e. The molecule has 140 valence electrons. The molecule has 2 aromatic heterocycles. The molecule has 1 aromatic carbocycles. The molecular weight excluding hydrogens is 342 g/mol. The molecule has 0 aliphatic heterocycles. The molecule has 2 N–H and O–H groups in total. The molecule has 0 saturated heterocycles. The Morgan fingerprint density at radius 3 is 2.30 bits per heavy atom. The Labute approximate surface area is 158 Å². The van der Waals surface area contributed by atoms with E-state index in [-0.39, 0.29) is 18.6 Å². The van der Waals surface area contributed by atoms with Crippen LogP contribution in [0.2, 0.25) is 0 Å². The summed E-state index contributed by atoms with van der Waals surface area (Å²) >= 11 is 0. The van der Waals surface area contributed by atoms with Crippen molar-refractivity contribution in [2.75, 3.05) is 6.61 Å². The van der Waals surface area contributed by atoms with Crippen molar-refractivity contribution in [3.8, 4) is 5.82 Å². The Morgan fingerprint density at radius 2 is 1.74 bits per heavy atom. The van der Waals surface area contributed by atoms with Gasteiger partial charge in [0.15, 0.2) is 0 Å². The number of hydrogen-bond acceptors (Lipinski definition) is 5. The zero-order chi connectivity index (χ0) is 19.2. The average Bonchev–Trinajstić information content (AvgIpc) is 3.22. The van der Waals surface area contributed by atoms with E-state index in [0.717, 1.165) is 5.56 Å². The number of aliphatic hydroxyl groups excluding tert-OH is 1. The Hall–Kier alpha value is -3.06. The average molecular weight is 365 g/mol. The van der Waals surface area contributed by atoms with Crippen molar-refractivity contribution < 1.29 is 9.90 Å². The number of carbonyl (C=O) groups excluding carboxylic acids is 1. The van der Waals surface area contributed by atoms with Gasteiger partial charge in [0, 0.05) is 12.8 Å². The predicted octanol–water partition coefficient (Wildman–Crippen LogP) is 2.64. The quantitative estimate of drug-likeness (QED) is 0.671. The number of hydrogen-bond donors (Lipinski definition) is 2. The third kappa shape index (κ3) is 4.57. The van der Waals surface area contributed by atoms with Crippen molar-refractivity contribution in [1.29, 1.82) is 0 Å². The highest BCUT2D eigenvalue weighted by atomic mass is 16.3. The Kier molecular flexibility index (Phi) is 5.93. The van der Waals surface area contributed by atoms with Crippen LogP contribution < -0.4 is 5.32 Å². The van der Waals surface area contributed by atoms with E-state index in [4.69, 9.17) is 0 Å². The molecular formula is C20H23N5O2. The number of rotatable bonds is 7. The second kappa shape index (κ2) is 8.55. The fraction of sp³-hybridized carbons (Fsp3) is 0.300. The number of nitrogens with one attached hydrogen (secondary N) is 1. The molecule has 3 rings (SSSR count). The summed E-state index contributed by atoms with van der Waals surface area (Å²) < 4.78 is 1.66. The van der Waals surface area contributed by atoms with Crippen LogP contribution in [-0.2, 0) is 0 Å². The summed E-state index contributed by atoms with van der Waals surface area (Å²) in [6.07, 6.45) is 5.04. The van der Waals surface area contributed by atoms with Crippen molar-refractivity contribution in [2.45, 2.75) is 32.2 Å². The molecule has 0 radical (unpaired) electrons. The summed E-state index contributed by atoms with van der Waals surface area (Å²) in [4.78, 5) is 16.9. The molecule has 2 heterocycles. The lowest BCUT2D eigenvalue weighted by molar-refractivity contribution is 0.0929. The van der Waals surface area contributed by atoms with Crippen LogP contribution in [0.25, 0.3) is 5.82 Å². The van der Waals surface area contributed by atoms with Crippen LogP contribution in [0.3, 0.4) is 0 Å². The van der Waals surface area contributed by atoms with E-state index in [1.165, 1.54) is 11.8 Å². The van der Waals surface area contributed by atoms with Gasteiger partial charge in [0.05, 0.1) is 11.6 Å². The Balaban J connectivity index is 1.73. The molecule has 0 bridgehead atoms. The van der Waals surface area contributed by atoms with Crippen molar-refractivity contribution >= 4 is 5.91 Å². The smallest absolute Gasteiger partial charge is 0.253 e. The van der Waals surface area contributed by atoms with Crippen molar-refractivity contribution in [3.05, 3.63) is 71.9 Å². The highest BCUT2D eigenvalue weighted by molar-refractivity contribution is 5.94. The zero-order valence-corrected chi connectivity index (χ0v) is 15.4. The van der Waals surface area contributed by atoms with Crippen LogP contribution in [0.4, 0.5) is 0 Å². The summed E-state index contributed by atoms with van der Waals surface area (Å²) in [6, 6.07) is 11.3. The van der Waals surface area contributed by atoms with E-state index in [9.17, 15) is 9.90 Å². The van der Waals surface area contributed by atoms with Crippen LogP contribution >= 0.6 is 0 Å². The summed E-state index contributed by atoms with van der Waals surface area (Å²) in [7, 11) is 0. The van der Waals surface area contributed by atoms with Gasteiger partial charge < -0.3 is 10.4 Å². The van der Waals surface area contributed by atoms with E-state index >= 15 is 0 Å². The van der Waals surface area contributed by atoms with Gasteiger partial charge in [-0.3, -0.25) is 9.36 Å². The zero-order valence-electron chi connectivity index (χ0n) is 15.4. The van der Waals surface area contributed by atoms with Gasteiger partial charge >= 0.3 is 0 Å². The van der Waals surface area contributed by atoms with Crippen LogP contribution in [0.1, 0.15) is 53.7 Å². The molecule has 7 nitrogen and oxygen atoms in total. The van der Waals surface area contributed by atoms with Gasteiger partial charge in [-0.1, -0.05) is 38.1 Å². The third-order valence-electron chi connectivity index (χ3n) is 4.42. The fourth-order valence-electron chi connectivity index (χ4n) is 2.80. The molecule has 0 spiro atoms. The summed E-state index contributed by atoms with van der Waals surface area (Å²) in [5.74, 6) is 0.845. The van der Waals surface area contributed by atoms with E-state index < -0.39 is 0 Å². The first-order chi connectivity index (χ1) is 13.1. The predicted molar refractivity (Wildman–Crippen MR) is 102 cm³/mol. The van der Waals surface area contributed by atoms with Crippen LogP contribution in [0.5, 0.6) is 0 Å². The Bertz CT molecular complexity index is 858. The molecule has 0 saturated carbocycles. The number of aromatic nitrogens is 4. The largest absolute Gasteiger partial charge is 0.396 e. The summed E-state index contributed by atoms with van der Waals surface area (Å²) in [5.41, 5.74) is 2.66. The molecule has 27 heavy (non-hydrogen) atoms. The second-order valence-corrected chi connectivity index (χ2v) is 6.63. The van der Waals surface area contributed by atoms with E-state index in [0.29, 0.717) is 23.7 Å². The highest BCUT2D eigenvalue weighted by Crippen LogP contribution is 2.21. The third-order valence-corrected chi connectivity index (χ3v) is 4.42. The van der Waals surface area contributed by atoms with E-state index in [2.05, 4.69) is 46.5 Å². The molecule has 1 amide bonds. The normalized spacial score (nSPS) is 12.1. The molecule has 7 heteroatoms. The van der Waals surface area contributed by atoms with Crippen LogP contribution in [-0.4, -0.2) is 37.4 Å². The minimum atomic E-state index is -0.263. The van der Waals surface area contributed by atoms with Crippen LogP contribution in [0, 0.1) is 0 Å². The monoisotopic (exact) mass is 365 g/mol. The number of nitrogens with zero attached hydrogens (tertiary/aromatic N) is 4. The second-order valence-electron chi connectivity index (χ2n) is 6.63. The maximum atomic E-state index is 12.6. The van der Waals surface area contributed by atoms with Crippen LogP contribution in [0.15, 0.2) is 55.2 Å². The van der Waals surface area contributed by atoms with Gasteiger partial charge in [0.1, 0.15) is 18.5 Å². The SMILES string of the molecule is CC(C)c1ccc([C@@H](CCO)NC(=O)c2ccc(-n3cnnc3)nc2)cc1. The van der Waals surface area contributed by atoms with Gasteiger partial charge in [0.2, 0.25) is 0 Å². The number of aliphatic hydroxyl groups is 1. The molecule has 0 fully saturated rings. The highest BCUT2D eigenvalue weighted by Gasteiger charge is 2.16. The maximum Gasteiger partial charge on any atom is 0.253 e. The maximum absolute atomic E-state index is 12.6. The molecule has 0 aliphatic rings. The first kappa shape index (κ1) is 18.7. The topological polar surface area (TPSA) is 92.9 Å². The summed E-state index contributed by atoms with van der Waals surface area (Å²) in [5, 5.41) is 19.8. The number of benzene rings is 1. The molecule has 0 aliphatic carbocycles. The number of pyridine rings is 1. The van der Waals surface area contributed by atoms with Gasteiger partial charge in [-0.25, -0.2) is 4.98 Å². The number of amides is 1. The van der Waals surface area contributed by atoms with Gasteiger partial charge in [-0.2, -0.15) is 0 Å². The van der Waals surface area contributed by atoms with Gasteiger partial charge in [-0.05, 0) is 35.6 Å². The lowest BCUT2D eigenvalue weighted by Gasteiger charge is -2.19. The van der Waals surface area contributed by atoms with Crippen molar-refractivity contribution in [1.82, 2.24) is 25.1 Å². The molecule has 3 aromatic rings. The standard InChI is InChI=1S/C20H23N5O2/c1-14(2)15-3-5-16(6-4-15)18(9-10-26)24-20(27)17-7-8-19(21-11-17)25-12-22-23-13-25/h3-8,11-14,18,26H,9-10H2,1-2H3,(H,24,27)/t18-/m1/s1. The fourth-order valence-corrected chi connectivity index (χ4v) is 2.80. The molecule has 1 atom stereocenters. The summed E-state index contributed by atoms with van der Waals surface area (Å²) in [6.45, 7) is 4.26. The first-order valence-electron chi connectivity index (χ1n) is 8.91. The lowest BCUT2D eigenvalue weighted by Crippen LogP contribution is -2.29. The lowest BCUT2D eigenvalue weighted by atomic mass is 9.97. The van der Waals surface area contributed by atoms with Gasteiger partial charge in [-0.15, -0.1) is 10.2 Å². The van der Waals surface area contributed by atoms with Crippen molar-refractivity contribution in [3.63, 3.8) is 0 Å².